The van der Waals surface area contributed by atoms with Crippen molar-refractivity contribution in [1.82, 2.24) is 15.3 Å². The maximum absolute atomic E-state index is 12.0. The molecule has 2 rings (SSSR count). The number of carbonyl (C=O) groups excluding carboxylic acids is 1. The number of nitrogens with zero attached hydrogens (tertiary/aromatic N) is 2. The second-order valence-electron chi connectivity index (χ2n) is 4.09. The second kappa shape index (κ2) is 9.66. The summed E-state index contributed by atoms with van der Waals surface area (Å²) in [5, 5.41) is 3.22. The normalized spacial score (nSPS) is 11.5. The monoisotopic (exact) mass is 564 g/mol. The Morgan fingerprint density at radius 1 is 1.57 bits per heavy atom. The van der Waals surface area contributed by atoms with Crippen LogP contribution in [0.2, 0.25) is 5.02 Å². The molecule has 2 aromatic rings. The van der Waals surface area contributed by atoms with Gasteiger partial charge in [0, 0.05) is 55.9 Å². The predicted octanol–water partition coefficient (Wildman–Crippen LogP) is 2.53. The van der Waals surface area contributed by atoms with E-state index in [-0.39, 0.29) is 67.4 Å². The van der Waals surface area contributed by atoms with Gasteiger partial charge in [-0.05, 0) is 25.5 Å². The maximum atomic E-state index is 12.0. The molecule has 21 heavy (non-hydrogen) atoms. The van der Waals surface area contributed by atoms with Gasteiger partial charge in [-0.15, -0.1) is 0 Å². The summed E-state index contributed by atoms with van der Waals surface area (Å²) in [5.74, 6) is -0.442. The van der Waals surface area contributed by atoms with Gasteiger partial charge in [0.05, 0.1) is 16.8 Å². The van der Waals surface area contributed by atoms with Gasteiger partial charge in [-0.2, -0.15) is 11.7 Å². The van der Waals surface area contributed by atoms with Gasteiger partial charge >= 0.3 is 0 Å². The van der Waals surface area contributed by atoms with Crippen molar-refractivity contribution in [3.05, 3.63) is 58.6 Å². The van der Waals surface area contributed by atoms with Crippen LogP contribution in [-0.4, -0.2) is 15.9 Å². The molecule has 1 unspecified atom stereocenters. The Kier molecular flexibility index (Phi) is 8.62. The van der Waals surface area contributed by atoms with Crippen LogP contribution in [0.15, 0.2) is 24.5 Å². The predicted molar refractivity (Wildman–Crippen MR) is 71.8 cm³/mol. The van der Waals surface area contributed by atoms with E-state index in [0.717, 1.165) is 5.56 Å². The van der Waals surface area contributed by atoms with Crippen LogP contribution in [0.3, 0.4) is 0 Å². The van der Waals surface area contributed by atoms with Crippen LogP contribution in [0.5, 0.6) is 0 Å². The summed E-state index contributed by atoms with van der Waals surface area (Å²) in [6.45, 7) is 3.66. The first-order chi connectivity index (χ1) is 9.49. The molecule has 0 aromatic carbocycles. The minimum Gasteiger partial charge on any atom is -0.528 e. The Labute approximate surface area is 166 Å². The van der Waals surface area contributed by atoms with Crippen molar-refractivity contribution < 1.29 is 55.8 Å². The summed E-state index contributed by atoms with van der Waals surface area (Å²) in [4.78, 5) is 19.9. The van der Waals surface area contributed by atoms with Gasteiger partial charge in [0.1, 0.15) is 0 Å². The number of amides is 1. The zero-order valence-corrected chi connectivity index (χ0v) is 17.8. The molecule has 0 aliphatic rings. The van der Waals surface area contributed by atoms with Gasteiger partial charge in [0.25, 0.3) is 0 Å². The number of nitrogens with one attached hydrogen (secondary N) is 1. The van der Waals surface area contributed by atoms with E-state index >= 15 is 0 Å². The van der Waals surface area contributed by atoms with Crippen LogP contribution >= 0.6 is 11.6 Å². The van der Waals surface area contributed by atoms with Crippen LogP contribution in [-0.2, 0) is 18.6 Å². The van der Waals surface area contributed by atoms with Crippen molar-refractivity contribution in [1.29, 1.82) is 0 Å². The summed E-state index contributed by atoms with van der Waals surface area (Å²) in [5.41, 5.74) is 1.59. The minimum absolute atomic E-state index is 0. The third-order valence-corrected chi connectivity index (χ3v) is 2.81. The standard InChI is InChI=1S/C14H12ClN3O.U.V/c1-9-6-12(15)13(17-7-9)10(2)18-14(19)11-4-3-5-16-8-11;;/h3,6-8,10H,1-2H3,(H,18,19);;/q-2;;/i8T;;. The van der Waals surface area contributed by atoms with Gasteiger partial charge in [0.15, 0.2) is 0 Å². The first-order valence-electron chi connectivity index (χ1n) is 6.17. The minimum atomic E-state index is -0.442. The van der Waals surface area contributed by atoms with Crippen molar-refractivity contribution in [3.63, 3.8) is 0 Å². The van der Waals surface area contributed by atoms with Gasteiger partial charge in [0.2, 0.25) is 5.91 Å². The molecule has 0 aliphatic carbocycles. The van der Waals surface area contributed by atoms with E-state index < -0.39 is 5.91 Å². The van der Waals surface area contributed by atoms with E-state index in [0.29, 0.717) is 10.7 Å². The van der Waals surface area contributed by atoms with Crippen LogP contribution in [0, 0.1) is 50.3 Å². The largest absolute Gasteiger partial charge is 0.528 e. The number of aryl methyl sites for hydroxylation is 1. The summed E-state index contributed by atoms with van der Waals surface area (Å²) in [6.07, 6.45) is 3.97. The number of hydrogen-bond acceptors (Lipinski definition) is 3. The zero-order valence-electron chi connectivity index (χ0n) is 12.4. The topological polar surface area (TPSA) is 54.9 Å². The molecule has 0 bridgehead atoms. The fraction of sp³-hybridized carbons (Fsp3) is 0.214. The van der Waals surface area contributed by atoms with E-state index in [2.05, 4.69) is 27.5 Å². The molecule has 1 amide bonds. The molecule has 1 atom stereocenters. The van der Waals surface area contributed by atoms with E-state index in [1.807, 2.05) is 6.92 Å². The number of pyridine rings is 2. The number of hydrogen-bond donors (Lipinski definition) is 1. The molecule has 107 valence electrons. The third-order valence-electron chi connectivity index (χ3n) is 2.50. The van der Waals surface area contributed by atoms with Crippen LogP contribution < -0.4 is 5.32 Å². The van der Waals surface area contributed by atoms with E-state index in [9.17, 15) is 4.79 Å². The van der Waals surface area contributed by atoms with Crippen LogP contribution in [0.25, 0.3) is 0 Å². The molecule has 0 fully saturated rings. The summed E-state index contributed by atoms with van der Waals surface area (Å²) >= 11 is 6.11. The van der Waals surface area contributed by atoms with Crippen LogP contribution in [0.4, 0.5) is 0 Å². The molecule has 0 spiro atoms. The quantitative estimate of drug-likeness (QED) is 0.584. The molecular weight excluding hydrogens is 551 g/mol. The number of aromatic nitrogens is 2. The molecule has 2 aromatic heterocycles. The molecule has 4 nitrogen and oxygen atoms in total. The summed E-state index contributed by atoms with van der Waals surface area (Å²) in [7, 11) is 0. The number of rotatable bonds is 3. The average molecular weight is 565 g/mol. The second-order valence-corrected chi connectivity index (χ2v) is 4.50. The molecule has 2 heterocycles. The average Bonchev–Trinajstić information content (AvgIpc) is 2.38. The first kappa shape index (κ1) is 18.7. The molecule has 1 radical (unpaired) electrons. The summed E-state index contributed by atoms with van der Waals surface area (Å²) in [6, 6.07) is 5.42. The Morgan fingerprint density at radius 3 is 2.90 bits per heavy atom. The van der Waals surface area contributed by atoms with Gasteiger partial charge < -0.3 is 16.4 Å². The molecule has 7 heteroatoms. The van der Waals surface area contributed by atoms with Crippen LogP contribution in [0.1, 0.15) is 36.0 Å². The molecule has 1 N–H and O–H groups in total. The fourth-order valence-electron chi connectivity index (χ4n) is 1.57. The van der Waals surface area contributed by atoms with Crippen molar-refractivity contribution in [2.24, 2.45) is 0 Å². The maximum Gasteiger partial charge on any atom is 0.205 e. The van der Waals surface area contributed by atoms with Crippen molar-refractivity contribution in [2.45, 2.75) is 19.9 Å². The van der Waals surface area contributed by atoms with E-state index in [4.69, 9.17) is 13.0 Å². The molecule has 0 aliphatic heterocycles. The van der Waals surface area contributed by atoms with Gasteiger partial charge in [-0.3, -0.25) is 22.0 Å². The number of carbonyl (C=O) groups is 1. The molecular formula is C14H12ClN3OUV-2. The Balaban J connectivity index is 0.00000220. The van der Waals surface area contributed by atoms with Crippen molar-refractivity contribution in [2.75, 3.05) is 0 Å². The van der Waals surface area contributed by atoms with E-state index in [1.165, 1.54) is 6.07 Å². The molecule has 0 saturated heterocycles. The van der Waals surface area contributed by atoms with Crippen molar-refractivity contribution in [3.8, 4) is 0 Å². The van der Waals surface area contributed by atoms with Gasteiger partial charge in [-0.25, -0.2) is 0 Å². The van der Waals surface area contributed by atoms with Crippen molar-refractivity contribution >= 4 is 17.5 Å². The summed E-state index contributed by atoms with van der Waals surface area (Å²) < 4.78 is 7.54. The Bertz CT molecular complexity index is 660. The Morgan fingerprint density at radius 2 is 2.29 bits per heavy atom. The third kappa shape index (κ3) is 5.77. The zero-order chi connectivity index (χ0) is 14.7. The smallest absolute Gasteiger partial charge is 0.205 e. The fourth-order valence-corrected chi connectivity index (χ4v) is 1.96. The van der Waals surface area contributed by atoms with E-state index in [1.54, 1.807) is 19.2 Å². The van der Waals surface area contributed by atoms with Gasteiger partial charge in [-0.1, -0.05) is 13.0 Å². The SMILES string of the molecule is [3H]c1n[c-]c[c-]c1C(=O)NC(C)c1ncc(C)cc1Cl.[U].[V]. The number of halogens is 1. The molecule has 0 saturated carbocycles. The first-order valence-corrected chi connectivity index (χ1v) is 6.05. The Hall–Kier alpha value is -0.304.